The molecule has 1 heterocycles. The van der Waals surface area contributed by atoms with Gasteiger partial charge < -0.3 is 5.32 Å². The summed E-state index contributed by atoms with van der Waals surface area (Å²) in [6.07, 6.45) is 0. The molecule has 2 unspecified atom stereocenters. The molecule has 1 aliphatic rings. The Hall–Kier alpha value is -1.31. The molecule has 0 saturated heterocycles. The fourth-order valence-electron chi connectivity index (χ4n) is 1.67. The van der Waals surface area contributed by atoms with Gasteiger partial charge in [0, 0.05) is 23.2 Å². The lowest BCUT2D eigenvalue weighted by atomic mass is 9.88. The zero-order chi connectivity index (χ0) is 11.4. The minimum atomic E-state index is 0.0786. The van der Waals surface area contributed by atoms with E-state index >= 15 is 0 Å². The van der Waals surface area contributed by atoms with Crippen LogP contribution in [0.3, 0.4) is 0 Å². The lowest BCUT2D eigenvalue weighted by Crippen LogP contribution is -2.35. The Balaban J connectivity index is 0.000000531. The van der Waals surface area contributed by atoms with E-state index in [4.69, 9.17) is 0 Å². The lowest BCUT2D eigenvalue weighted by Gasteiger charge is -2.28. The molecule has 15 heavy (non-hydrogen) atoms. The normalized spacial score (nSPS) is 23.3. The van der Waals surface area contributed by atoms with Gasteiger partial charge in [-0.05, 0) is 19.1 Å². The van der Waals surface area contributed by atoms with Crippen LogP contribution in [-0.2, 0) is 0 Å². The summed E-state index contributed by atoms with van der Waals surface area (Å²) >= 11 is 0. The van der Waals surface area contributed by atoms with Crippen LogP contribution in [0.15, 0.2) is 24.3 Å². The summed E-state index contributed by atoms with van der Waals surface area (Å²) in [5.41, 5.74) is 1.80. The van der Waals surface area contributed by atoms with Crippen molar-refractivity contribution >= 4 is 11.5 Å². The quantitative estimate of drug-likeness (QED) is 0.703. The van der Waals surface area contributed by atoms with Gasteiger partial charge in [-0.15, -0.1) is 0 Å². The van der Waals surface area contributed by atoms with Crippen molar-refractivity contribution in [1.82, 2.24) is 0 Å². The molecule has 1 N–H and O–H groups in total. The van der Waals surface area contributed by atoms with Crippen LogP contribution in [0.1, 0.15) is 38.1 Å². The van der Waals surface area contributed by atoms with E-state index in [1.165, 1.54) is 0 Å². The van der Waals surface area contributed by atoms with E-state index in [-0.39, 0.29) is 17.7 Å². The lowest BCUT2D eigenvalue weighted by molar-refractivity contribution is 0.0915. The zero-order valence-electron chi connectivity index (χ0n) is 9.87. The second-order valence-electron chi connectivity index (χ2n) is 3.63. The molecule has 1 aromatic carbocycles. The molecular formula is C13H19NO. The van der Waals surface area contributed by atoms with Gasteiger partial charge in [0.2, 0.25) is 0 Å². The average molecular weight is 205 g/mol. The Morgan fingerprint density at radius 2 is 1.73 bits per heavy atom. The largest absolute Gasteiger partial charge is 0.381 e. The summed E-state index contributed by atoms with van der Waals surface area (Å²) in [5.74, 6) is 0.330. The molecule has 0 saturated carbocycles. The minimum Gasteiger partial charge on any atom is -0.381 e. The van der Waals surface area contributed by atoms with Crippen LogP contribution in [-0.4, -0.2) is 11.8 Å². The number of anilines is 1. The van der Waals surface area contributed by atoms with E-state index in [1.54, 1.807) is 0 Å². The highest BCUT2D eigenvalue weighted by molar-refractivity contribution is 6.04. The highest BCUT2D eigenvalue weighted by atomic mass is 16.1. The fraction of sp³-hybridized carbons (Fsp3) is 0.462. The Bertz CT molecular complexity index is 346. The predicted molar refractivity (Wildman–Crippen MR) is 64.4 cm³/mol. The molecule has 1 aliphatic heterocycles. The van der Waals surface area contributed by atoms with Gasteiger partial charge in [0.25, 0.3) is 0 Å². The van der Waals surface area contributed by atoms with Crippen LogP contribution in [0.5, 0.6) is 0 Å². The number of ketones is 1. The third-order valence-corrected chi connectivity index (χ3v) is 2.74. The number of hydrogen-bond acceptors (Lipinski definition) is 2. The van der Waals surface area contributed by atoms with Crippen LogP contribution >= 0.6 is 0 Å². The van der Waals surface area contributed by atoms with Crippen LogP contribution in [0.2, 0.25) is 0 Å². The van der Waals surface area contributed by atoms with Crippen LogP contribution in [0, 0.1) is 5.92 Å². The molecule has 0 fully saturated rings. The Kier molecular flexibility index (Phi) is 3.89. The van der Waals surface area contributed by atoms with E-state index in [1.807, 2.05) is 52.0 Å². The number of Topliss-reactive ketones (excluding diaryl/α,β-unsaturated/α-hetero) is 1. The monoisotopic (exact) mass is 205 g/mol. The van der Waals surface area contributed by atoms with Gasteiger partial charge in [0.05, 0.1) is 0 Å². The molecular weight excluding hydrogens is 186 g/mol. The molecule has 1 aromatic rings. The van der Waals surface area contributed by atoms with Crippen LogP contribution in [0.25, 0.3) is 0 Å². The maximum Gasteiger partial charge on any atom is 0.169 e. The van der Waals surface area contributed by atoms with Crippen molar-refractivity contribution in [2.45, 2.75) is 33.7 Å². The maximum atomic E-state index is 11.8. The molecule has 0 bridgehead atoms. The second-order valence-corrected chi connectivity index (χ2v) is 3.63. The summed E-state index contributed by atoms with van der Waals surface area (Å²) < 4.78 is 0. The molecule has 0 radical (unpaired) electrons. The van der Waals surface area contributed by atoms with Crippen LogP contribution < -0.4 is 5.32 Å². The topological polar surface area (TPSA) is 29.1 Å². The fourth-order valence-corrected chi connectivity index (χ4v) is 1.67. The zero-order valence-corrected chi connectivity index (χ0v) is 9.87. The molecule has 0 aliphatic carbocycles. The van der Waals surface area contributed by atoms with Gasteiger partial charge in [0.1, 0.15) is 0 Å². The molecule has 0 spiro atoms. The van der Waals surface area contributed by atoms with Gasteiger partial charge in [-0.1, -0.05) is 32.9 Å². The number of hydrogen-bond donors (Lipinski definition) is 1. The van der Waals surface area contributed by atoms with Crippen molar-refractivity contribution in [2.24, 2.45) is 5.92 Å². The predicted octanol–water partition coefficient (Wildman–Crippen LogP) is 3.35. The first-order chi connectivity index (χ1) is 7.20. The minimum absolute atomic E-state index is 0.0786. The van der Waals surface area contributed by atoms with Gasteiger partial charge in [-0.2, -0.15) is 0 Å². The van der Waals surface area contributed by atoms with Gasteiger partial charge in [-0.3, -0.25) is 4.79 Å². The standard InChI is InChI=1S/C11H13NO.C2H6/c1-7-8(2)12-10-6-4-3-5-9(10)11(7)13;1-2/h3-8,12H,1-2H3;1-2H3. The van der Waals surface area contributed by atoms with E-state index < -0.39 is 0 Å². The third-order valence-electron chi connectivity index (χ3n) is 2.74. The van der Waals surface area contributed by atoms with Gasteiger partial charge in [-0.25, -0.2) is 0 Å². The molecule has 0 amide bonds. The Morgan fingerprint density at radius 3 is 2.40 bits per heavy atom. The van der Waals surface area contributed by atoms with Crippen LogP contribution in [0.4, 0.5) is 5.69 Å². The second kappa shape index (κ2) is 4.96. The van der Waals surface area contributed by atoms with E-state index in [9.17, 15) is 4.79 Å². The van der Waals surface area contributed by atoms with Crippen molar-refractivity contribution in [3.63, 3.8) is 0 Å². The smallest absolute Gasteiger partial charge is 0.169 e. The number of nitrogens with one attached hydrogen (secondary N) is 1. The molecule has 2 rings (SSSR count). The first-order valence-electron chi connectivity index (χ1n) is 5.60. The molecule has 82 valence electrons. The summed E-state index contributed by atoms with van der Waals surface area (Å²) in [6, 6.07) is 7.92. The summed E-state index contributed by atoms with van der Waals surface area (Å²) in [7, 11) is 0. The third kappa shape index (κ3) is 2.20. The average Bonchev–Trinajstić information content (AvgIpc) is 2.29. The number of fused-ring (bicyclic) bond motifs is 1. The molecule has 0 aromatic heterocycles. The summed E-state index contributed by atoms with van der Waals surface area (Å²) in [6.45, 7) is 8.01. The van der Waals surface area contributed by atoms with Gasteiger partial charge in [0.15, 0.2) is 5.78 Å². The molecule has 2 nitrogen and oxygen atoms in total. The Labute approximate surface area is 91.7 Å². The van der Waals surface area contributed by atoms with E-state index in [0.717, 1.165) is 11.3 Å². The summed E-state index contributed by atoms with van der Waals surface area (Å²) in [5, 5.41) is 3.32. The first-order valence-corrected chi connectivity index (χ1v) is 5.60. The first kappa shape index (κ1) is 11.8. The number of benzene rings is 1. The van der Waals surface area contributed by atoms with Gasteiger partial charge >= 0.3 is 0 Å². The van der Waals surface area contributed by atoms with Crippen molar-refractivity contribution < 1.29 is 4.79 Å². The summed E-state index contributed by atoms with van der Waals surface area (Å²) in [4.78, 5) is 11.8. The SMILES string of the molecule is CC.CC1Nc2ccccc2C(=O)C1C. The number of carbonyl (C=O) groups excluding carboxylic acids is 1. The molecule has 2 heteroatoms. The van der Waals surface area contributed by atoms with Crippen molar-refractivity contribution in [2.75, 3.05) is 5.32 Å². The van der Waals surface area contributed by atoms with Crippen molar-refractivity contribution in [3.8, 4) is 0 Å². The van der Waals surface area contributed by atoms with Crippen molar-refractivity contribution in [3.05, 3.63) is 29.8 Å². The molecule has 2 atom stereocenters. The highest BCUT2D eigenvalue weighted by Gasteiger charge is 2.28. The van der Waals surface area contributed by atoms with E-state index in [0.29, 0.717) is 0 Å². The van der Waals surface area contributed by atoms with E-state index in [2.05, 4.69) is 5.32 Å². The highest BCUT2D eigenvalue weighted by Crippen LogP contribution is 2.27. The number of carbonyl (C=O) groups is 1. The number of para-hydroxylation sites is 1. The maximum absolute atomic E-state index is 11.8. The number of rotatable bonds is 0. The Morgan fingerprint density at radius 1 is 1.13 bits per heavy atom. The van der Waals surface area contributed by atoms with Crippen molar-refractivity contribution in [1.29, 1.82) is 0 Å².